The predicted octanol–water partition coefficient (Wildman–Crippen LogP) is 13.6. The van der Waals surface area contributed by atoms with Gasteiger partial charge in [0.15, 0.2) is 0 Å². The van der Waals surface area contributed by atoms with E-state index in [1.165, 1.54) is 55.2 Å². The fraction of sp³-hybridized carbons (Fsp3) is 0.271. The second-order valence-corrected chi connectivity index (χ2v) is 16.7. The summed E-state index contributed by atoms with van der Waals surface area (Å²) in [6.45, 7) is 18.8. The number of benzene rings is 6. The summed E-state index contributed by atoms with van der Waals surface area (Å²) in [7, 11) is 0. The van der Waals surface area contributed by atoms with Crippen molar-refractivity contribution in [3.05, 3.63) is 131 Å². The third-order valence-corrected chi connectivity index (χ3v) is 11.5. The number of hydrogen-bond donors (Lipinski definition) is 0. The summed E-state index contributed by atoms with van der Waals surface area (Å²) in [6, 6.07) is 40.0. The maximum Gasteiger partial charge on any atom is 0.149 e. The van der Waals surface area contributed by atoms with Gasteiger partial charge in [-0.25, -0.2) is 4.98 Å². The van der Waals surface area contributed by atoms with Gasteiger partial charge in [-0.3, -0.25) is 4.57 Å². The number of imidazole rings is 1. The summed E-state index contributed by atoms with van der Waals surface area (Å²) in [5.41, 5.74) is 14.3. The first kappa shape index (κ1) is 31.8. The van der Waals surface area contributed by atoms with Crippen LogP contribution in [0, 0.1) is 0 Å². The molecule has 0 atom stereocenters. The SMILES string of the molecule is CC(C)c1cc(-c2ccccc2)cc(C(C)C)c1-n1c(-c2cccc3c2oc2c4c(ccc23)C(C)(C)CC4(C)C)nc2ccc3ccccc3c21. The van der Waals surface area contributed by atoms with Crippen molar-refractivity contribution in [1.29, 1.82) is 0 Å². The maximum atomic E-state index is 7.16. The first-order valence-electron chi connectivity index (χ1n) is 18.6. The van der Waals surface area contributed by atoms with Gasteiger partial charge in [-0.2, -0.15) is 0 Å². The van der Waals surface area contributed by atoms with Crippen molar-refractivity contribution in [3.8, 4) is 28.2 Å². The quantitative estimate of drug-likeness (QED) is 0.183. The van der Waals surface area contributed by atoms with Crippen LogP contribution in [0.1, 0.15) is 95.9 Å². The largest absolute Gasteiger partial charge is 0.455 e. The highest BCUT2D eigenvalue weighted by Crippen LogP contribution is 2.53. The Labute approximate surface area is 301 Å². The Morgan fingerprint density at radius 3 is 2.02 bits per heavy atom. The van der Waals surface area contributed by atoms with E-state index in [9.17, 15) is 0 Å². The molecule has 0 amide bonds. The van der Waals surface area contributed by atoms with Crippen molar-refractivity contribution in [2.45, 2.75) is 84.5 Å². The molecule has 0 bridgehead atoms. The molecule has 1 aliphatic carbocycles. The molecule has 1 aliphatic rings. The third kappa shape index (κ3) is 4.74. The number of furan rings is 1. The molecule has 0 saturated carbocycles. The highest BCUT2D eigenvalue weighted by atomic mass is 16.3. The zero-order chi connectivity index (χ0) is 35.4. The van der Waals surface area contributed by atoms with E-state index >= 15 is 0 Å². The van der Waals surface area contributed by atoms with E-state index in [2.05, 4.69) is 169 Å². The monoisotopic (exact) mass is 666 g/mol. The Morgan fingerprint density at radius 1 is 0.627 bits per heavy atom. The molecule has 8 aromatic rings. The third-order valence-electron chi connectivity index (χ3n) is 11.5. The lowest BCUT2D eigenvalue weighted by Gasteiger charge is -2.24. The summed E-state index contributed by atoms with van der Waals surface area (Å²) < 4.78 is 9.65. The zero-order valence-corrected chi connectivity index (χ0v) is 31.1. The minimum absolute atomic E-state index is 0.0112. The molecule has 51 heavy (non-hydrogen) atoms. The van der Waals surface area contributed by atoms with Gasteiger partial charge < -0.3 is 4.42 Å². The van der Waals surface area contributed by atoms with E-state index < -0.39 is 0 Å². The lowest BCUT2D eigenvalue weighted by Crippen LogP contribution is -2.18. The molecule has 0 spiro atoms. The molecule has 0 unspecified atom stereocenters. The van der Waals surface area contributed by atoms with E-state index in [1.54, 1.807) is 0 Å². The fourth-order valence-electron chi connectivity index (χ4n) is 9.42. The van der Waals surface area contributed by atoms with Crippen molar-refractivity contribution in [1.82, 2.24) is 9.55 Å². The molecule has 3 heteroatoms. The van der Waals surface area contributed by atoms with E-state index in [1.807, 2.05) is 0 Å². The van der Waals surface area contributed by atoms with Gasteiger partial charge in [-0.1, -0.05) is 140 Å². The maximum absolute atomic E-state index is 7.16. The smallest absolute Gasteiger partial charge is 0.149 e. The van der Waals surface area contributed by atoms with Crippen LogP contribution in [-0.2, 0) is 10.8 Å². The minimum Gasteiger partial charge on any atom is -0.455 e. The van der Waals surface area contributed by atoms with Gasteiger partial charge in [-0.05, 0) is 86.6 Å². The standard InChI is InChI=1S/C48H46N2O/c1-28(2)37-25-32(30-15-10-9-11-16-30)26-38(29(3)4)42(37)50-43-33-18-13-12-17-31(33)21-24-40(43)49-46(50)36-20-14-19-34-35-22-23-39-41(45(35)51-44(34)36)48(7,8)27-47(39,5)6/h9-26,28-29H,27H2,1-8H3. The van der Waals surface area contributed by atoms with Crippen LogP contribution in [0.4, 0.5) is 0 Å². The molecule has 0 N–H and O–H groups in total. The van der Waals surface area contributed by atoms with Crippen LogP contribution < -0.4 is 0 Å². The Bertz CT molecular complexity index is 2640. The van der Waals surface area contributed by atoms with Gasteiger partial charge in [0.1, 0.15) is 17.0 Å². The molecule has 0 saturated heterocycles. The highest BCUT2D eigenvalue weighted by Gasteiger charge is 2.44. The van der Waals surface area contributed by atoms with Crippen LogP contribution in [0.15, 0.2) is 114 Å². The molecule has 254 valence electrons. The summed E-state index contributed by atoms with van der Waals surface area (Å²) >= 11 is 0. The van der Waals surface area contributed by atoms with E-state index in [0.29, 0.717) is 0 Å². The topological polar surface area (TPSA) is 31.0 Å². The van der Waals surface area contributed by atoms with E-state index in [0.717, 1.165) is 45.4 Å². The Kier molecular flexibility index (Phi) is 6.97. The number of nitrogens with zero attached hydrogens (tertiary/aromatic N) is 2. The molecule has 9 rings (SSSR count). The van der Waals surface area contributed by atoms with Crippen LogP contribution in [0.3, 0.4) is 0 Å². The molecular formula is C48H46N2O. The molecule has 0 fully saturated rings. The average Bonchev–Trinajstić information content (AvgIpc) is 3.74. The van der Waals surface area contributed by atoms with Crippen LogP contribution >= 0.6 is 0 Å². The molecule has 3 nitrogen and oxygen atoms in total. The Morgan fingerprint density at radius 2 is 1.29 bits per heavy atom. The van der Waals surface area contributed by atoms with Crippen LogP contribution in [0.25, 0.3) is 71.9 Å². The van der Waals surface area contributed by atoms with Gasteiger partial charge in [0.05, 0.1) is 22.3 Å². The summed E-state index contributed by atoms with van der Waals surface area (Å²) in [4.78, 5) is 5.54. The minimum atomic E-state index is 0.0112. The first-order valence-corrected chi connectivity index (χ1v) is 18.6. The van der Waals surface area contributed by atoms with Crippen molar-refractivity contribution in [2.24, 2.45) is 0 Å². The lowest BCUT2D eigenvalue weighted by atomic mass is 9.82. The summed E-state index contributed by atoms with van der Waals surface area (Å²) in [6.07, 6.45) is 1.09. The fourth-order valence-corrected chi connectivity index (χ4v) is 9.42. The Hall–Kier alpha value is -5.15. The normalized spacial score (nSPS) is 15.3. The van der Waals surface area contributed by atoms with Gasteiger partial charge in [-0.15, -0.1) is 0 Å². The van der Waals surface area contributed by atoms with Crippen LogP contribution in [0.5, 0.6) is 0 Å². The number of aromatic nitrogens is 2. The van der Waals surface area contributed by atoms with Gasteiger partial charge in [0.2, 0.25) is 0 Å². The highest BCUT2D eigenvalue weighted by molar-refractivity contribution is 6.12. The van der Waals surface area contributed by atoms with Gasteiger partial charge in [0, 0.05) is 21.7 Å². The molecule has 6 aromatic carbocycles. The lowest BCUT2D eigenvalue weighted by molar-refractivity contribution is 0.402. The Balaban J connectivity index is 1.42. The van der Waals surface area contributed by atoms with Crippen molar-refractivity contribution in [3.63, 3.8) is 0 Å². The van der Waals surface area contributed by atoms with Gasteiger partial charge >= 0.3 is 0 Å². The second-order valence-electron chi connectivity index (χ2n) is 16.7. The first-order chi connectivity index (χ1) is 24.4. The predicted molar refractivity (Wildman–Crippen MR) is 216 cm³/mol. The summed E-state index contributed by atoms with van der Waals surface area (Å²) in [5, 5.41) is 4.73. The van der Waals surface area contributed by atoms with E-state index in [-0.39, 0.29) is 22.7 Å². The average molecular weight is 667 g/mol. The molecular weight excluding hydrogens is 621 g/mol. The van der Waals surface area contributed by atoms with Crippen LogP contribution in [-0.4, -0.2) is 9.55 Å². The molecule has 0 radical (unpaired) electrons. The van der Waals surface area contributed by atoms with Crippen molar-refractivity contribution < 1.29 is 4.42 Å². The molecule has 0 aliphatic heterocycles. The van der Waals surface area contributed by atoms with Crippen molar-refractivity contribution in [2.75, 3.05) is 0 Å². The number of para-hydroxylation sites is 1. The number of hydrogen-bond acceptors (Lipinski definition) is 2. The van der Waals surface area contributed by atoms with E-state index in [4.69, 9.17) is 9.40 Å². The second kappa shape index (κ2) is 11.2. The number of rotatable bonds is 5. The zero-order valence-electron chi connectivity index (χ0n) is 31.1. The van der Waals surface area contributed by atoms with Crippen LogP contribution in [0.2, 0.25) is 0 Å². The molecule has 2 aromatic heterocycles. The number of fused-ring (bicyclic) bond motifs is 8. The molecule has 2 heterocycles. The van der Waals surface area contributed by atoms with Gasteiger partial charge in [0.25, 0.3) is 0 Å². The van der Waals surface area contributed by atoms with Crippen molar-refractivity contribution >= 4 is 43.7 Å². The summed E-state index contributed by atoms with van der Waals surface area (Å²) in [5.74, 6) is 1.46.